The Hall–Kier alpha value is -1.38. The van der Waals surface area contributed by atoms with E-state index in [0.717, 1.165) is 31.1 Å². The highest BCUT2D eigenvalue weighted by Crippen LogP contribution is 2.42. The van der Waals surface area contributed by atoms with Gasteiger partial charge in [0.25, 0.3) is 0 Å². The zero-order valence-electron chi connectivity index (χ0n) is 15.5. The lowest BCUT2D eigenvalue weighted by molar-refractivity contribution is -0.122. The molecule has 0 aromatic heterocycles. The number of halogens is 1. The van der Waals surface area contributed by atoms with Crippen molar-refractivity contribution >= 4 is 43.5 Å². The second kappa shape index (κ2) is 8.10. The molecule has 0 saturated carbocycles. The van der Waals surface area contributed by atoms with Crippen molar-refractivity contribution in [3.63, 3.8) is 0 Å². The molecule has 4 unspecified atom stereocenters. The zero-order valence-corrected chi connectivity index (χ0v) is 17.3. The molecule has 0 bridgehead atoms. The van der Waals surface area contributed by atoms with Crippen LogP contribution < -0.4 is 9.57 Å². The number of anilines is 2. The van der Waals surface area contributed by atoms with Gasteiger partial charge < -0.3 is 4.67 Å². The number of hydrogen-bond donors (Lipinski definition) is 0. The number of carbonyl (C=O) groups is 2. The summed E-state index contributed by atoms with van der Waals surface area (Å²) in [7, 11) is 0.611. The van der Waals surface area contributed by atoms with Crippen LogP contribution in [0.5, 0.6) is 0 Å². The topological polar surface area (TPSA) is 40.6 Å². The minimum atomic E-state index is -0.307. The van der Waals surface area contributed by atoms with Gasteiger partial charge in [0.1, 0.15) is 0 Å². The van der Waals surface area contributed by atoms with Crippen LogP contribution in [0.25, 0.3) is 0 Å². The van der Waals surface area contributed by atoms with Gasteiger partial charge in [0.2, 0.25) is 11.8 Å². The molecule has 1 aromatic carbocycles. The molecule has 6 heteroatoms. The summed E-state index contributed by atoms with van der Waals surface area (Å²) in [6, 6.07) is 5.84. The summed E-state index contributed by atoms with van der Waals surface area (Å²) in [5, 5.41) is 0.659. The van der Waals surface area contributed by atoms with Crippen LogP contribution in [0, 0.1) is 11.8 Å². The molecule has 1 heterocycles. The van der Waals surface area contributed by atoms with Gasteiger partial charge in [0.05, 0.1) is 28.2 Å². The Kier molecular flexibility index (Phi) is 6.04. The largest absolute Gasteiger partial charge is 0.349 e. The van der Waals surface area contributed by atoms with Crippen LogP contribution in [-0.4, -0.2) is 24.0 Å². The molecule has 2 aliphatic rings. The number of rotatable bonds is 6. The van der Waals surface area contributed by atoms with Crippen molar-refractivity contribution in [2.24, 2.45) is 11.8 Å². The highest BCUT2D eigenvalue weighted by atomic mass is 35.5. The van der Waals surface area contributed by atoms with Gasteiger partial charge in [-0.1, -0.05) is 37.6 Å². The third-order valence-electron chi connectivity index (χ3n) is 5.27. The first-order chi connectivity index (χ1) is 12.5. The predicted octanol–water partition coefficient (Wildman–Crippen LogP) is 5.01. The Labute approximate surface area is 162 Å². The average molecular weight is 393 g/mol. The van der Waals surface area contributed by atoms with Crippen molar-refractivity contribution in [1.29, 1.82) is 0 Å². The third-order valence-corrected chi connectivity index (χ3v) is 6.93. The van der Waals surface area contributed by atoms with E-state index in [2.05, 4.69) is 25.4 Å². The van der Waals surface area contributed by atoms with Gasteiger partial charge in [-0.2, -0.15) is 0 Å². The smallest absolute Gasteiger partial charge is 0.241 e. The van der Waals surface area contributed by atoms with E-state index >= 15 is 0 Å². The van der Waals surface area contributed by atoms with Crippen LogP contribution in [-0.2, 0) is 9.59 Å². The Morgan fingerprint density at radius 1 is 1.31 bits per heavy atom. The van der Waals surface area contributed by atoms with Gasteiger partial charge in [-0.3, -0.25) is 9.59 Å². The summed E-state index contributed by atoms with van der Waals surface area (Å²) in [5.74, 6) is -0.712. The molecule has 4 atom stereocenters. The number of benzene rings is 1. The number of imide groups is 1. The summed E-state index contributed by atoms with van der Waals surface area (Å²) < 4.78 is 2.30. The molecule has 0 spiro atoms. The van der Waals surface area contributed by atoms with E-state index in [1.54, 1.807) is 12.1 Å². The number of nitrogens with zero attached hydrogens (tertiary/aromatic N) is 2. The van der Waals surface area contributed by atoms with Crippen LogP contribution >= 0.6 is 20.3 Å². The summed E-state index contributed by atoms with van der Waals surface area (Å²) >= 11 is 6.49. The zero-order chi connectivity index (χ0) is 18.8. The second-order valence-corrected chi connectivity index (χ2v) is 8.84. The summed E-state index contributed by atoms with van der Waals surface area (Å²) in [5.41, 5.74) is 1.54. The van der Waals surface area contributed by atoms with Gasteiger partial charge in [-0.05, 0) is 59.3 Å². The maximum atomic E-state index is 12.9. The second-order valence-electron chi connectivity index (χ2n) is 6.92. The van der Waals surface area contributed by atoms with Crippen LogP contribution in [0.15, 0.2) is 30.4 Å². The Morgan fingerprint density at radius 2 is 2.08 bits per heavy atom. The fourth-order valence-corrected chi connectivity index (χ4v) is 5.17. The van der Waals surface area contributed by atoms with E-state index in [4.69, 9.17) is 11.6 Å². The number of hydrogen-bond acceptors (Lipinski definition) is 3. The lowest BCUT2D eigenvalue weighted by atomic mass is 9.86. The fraction of sp³-hybridized carbons (Fsp3) is 0.500. The van der Waals surface area contributed by atoms with Gasteiger partial charge in [-0.15, -0.1) is 0 Å². The van der Waals surface area contributed by atoms with E-state index in [-0.39, 0.29) is 23.7 Å². The summed E-state index contributed by atoms with van der Waals surface area (Å²) in [4.78, 5) is 27.1. The normalized spacial score (nSPS) is 23.8. The molecule has 0 N–H and O–H groups in total. The number of amides is 2. The lowest BCUT2D eigenvalue weighted by Crippen LogP contribution is -2.31. The molecule has 1 aromatic rings. The maximum absolute atomic E-state index is 12.9. The Balaban J connectivity index is 1.98. The minimum Gasteiger partial charge on any atom is -0.349 e. The van der Waals surface area contributed by atoms with Crippen molar-refractivity contribution in [1.82, 2.24) is 0 Å². The van der Waals surface area contributed by atoms with Crippen molar-refractivity contribution in [3.8, 4) is 0 Å². The molecule has 1 fully saturated rings. The van der Waals surface area contributed by atoms with Crippen LogP contribution in [0.4, 0.5) is 11.4 Å². The van der Waals surface area contributed by atoms with Crippen molar-refractivity contribution < 1.29 is 9.59 Å². The lowest BCUT2D eigenvalue weighted by Gasteiger charge is -2.31. The molecule has 1 saturated heterocycles. The highest BCUT2D eigenvalue weighted by Gasteiger charge is 2.47. The maximum Gasteiger partial charge on any atom is 0.241 e. The van der Waals surface area contributed by atoms with E-state index in [1.807, 2.05) is 18.2 Å². The molecule has 1 aliphatic carbocycles. The molecule has 0 radical (unpaired) electrons. The summed E-state index contributed by atoms with van der Waals surface area (Å²) in [6.45, 7) is 6.48. The minimum absolute atomic E-state index is 0.0781. The molecule has 26 heavy (non-hydrogen) atoms. The fourth-order valence-electron chi connectivity index (χ4n) is 3.70. The molecule has 2 amide bonds. The Morgan fingerprint density at radius 3 is 2.73 bits per heavy atom. The quantitative estimate of drug-likeness (QED) is 0.388. The van der Waals surface area contributed by atoms with Crippen molar-refractivity contribution in [2.45, 2.75) is 46.1 Å². The number of fused-ring (bicyclic) bond motifs is 1. The van der Waals surface area contributed by atoms with Crippen LogP contribution in [0.1, 0.15) is 40.0 Å². The molecule has 3 rings (SSSR count). The van der Waals surface area contributed by atoms with Crippen molar-refractivity contribution in [3.05, 3.63) is 35.4 Å². The van der Waals surface area contributed by atoms with Crippen LogP contribution in [0.3, 0.4) is 0 Å². The van der Waals surface area contributed by atoms with Gasteiger partial charge in [-0.25, -0.2) is 4.90 Å². The monoisotopic (exact) mass is 392 g/mol. The van der Waals surface area contributed by atoms with Crippen LogP contribution in [0.2, 0.25) is 5.02 Å². The van der Waals surface area contributed by atoms with Gasteiger partial charge in [0, 0.05) is 6.04 Å². The summed E-state index contributed by atoms with van der Waals surface area (Å²) in [6.07, 6.45) is 7.55. The van der Waals surface area contributed by atoms with Gasteiger partial charge >= 0.3 is 0 Å². The molecular weight excluding hydrogens is 367 g/mol. The Bertz CT molecular complexity index is 737. The SMILES string of the molecule is CCPN(c1cc(N2C(=O)C3C=CCCC3C2=O)ccc1Cl)C(C)CC. The van der Waals surface area contributed by atoms with E-state index in [9.17, 15) is 9.59 Å². The van der Waals surface area contributed by atoms with Gasteiger partial charge in [0.15, 0.2) is 0 Å². The molecule has 140 valence electrons. The highest BCUT2D eigenvalue weighted by molar-refractivity contribution is 7.40. The van der Waals surface area contributed by atoms with E-state index in [0.29, 0.717) is 25.5 Å². The molecular formula is C20H26ClN2O2P. The first-order valence-electron chi connectivity index (χ1n) is 9.36. The number of allylic oxidation sites excluding steroid dienone is 1. The third kappa shape index (κ3) is 3.42. The van der Waals surface area contributed by atoms with E-state index < -0.39 is 0 Å². The van der Waals surface area contributed by atoms with E-state index in [1.165, 1.54) is 4.90 Å². The first-order valence-corrected chi connectivity index (χ1v) is 10.9. The molecule has 1 aliphatic heterocycles. The van der Waals surface area contributed by atoms with Crippen molar-refractivity contribution in [2.75, 3.05) is 15.7 Å². The number of carbonyl (C=O) groups excluding carboxylic acids is 2. The predicted molar refractivity (Wildman–Crippen MR) is 110 cm³/mol. The first kappa shape index (κ1) is 19.4. The average Bonchev–Trinajstić information content (AvgIpc) is 2.91. The standard InChI is InChI=1S/C20H26ClN2O2P/c1-4-13(3)23(26-5-2)18-12-14(10-11-17(18)21)22-19(24)15-8-6-7-9-16(15)20(22)25/h6,8,10-13,15-16,26H,4-5,7,9H2,1-3H3. The molecule has 4 nitrogen and oxygen atoms in total.